The second kappa shape index (κ2) is 6.37. The number of ether oxygens (including phenoxy) is 1. The Labute approximate surface area is 138 Å². The van der Waals surface area contributed by atoms with E-state index in [1.54, 1.807) is 30.7 Å². The van der Waals surface area contributed by atoms with Gasteiger partial charge in [-0.1, -0.05) is 0 Å². The fourth-order valence-electron chi connectivity index (χ4n) is 2.85. The van der Waals surface area contributed by atoms with Crippen molar-refractivity contribution in [3.8, 4) is 0 Å². The van der Waals surface area contributed by atoms with Crippen LogP contribution in [0.1, 0.15) is 16.1 Å². The van der Waals surface area contributed by atoms with Crippen molar-refractivity contribution in [1.29, 1.82) is 0 Å². The lowest BCUT2D eigenvalue weighted by Gasteiger charge is -2.29. The lowest BCUT2D eigenvalue weighted by Crippen LogP contribution is -2.37. The van der Waals surface area contributed by atoms with Gasteiger partial charge in [-0.05, 0) is 12.1 Å². The van der Waals surface area contributed by atoms with Gasteiger partial charge in [-0.3, -0.25) is 9.78 Å². The van der Waals surface area contributed by atoms with Crippen LogP contribution in [0.5, 0.6) is 0 Å². The summed E-state index contributed by atoms with van der Waals surface area (Å²) < 4.78 is 7.23. The predicted octanol–water partition coefficient (Wildman–Crippen LogP) is 1.39. The number of carbonyl (C=O) groups excluding carboxylic acids is 1. The van der Waals surface area contributed by atoms with Crippen molar-refractivity contribution in [2.24, 2.45) is 0 Å². The molecule has 0 saturated carbocycles. The van der Waals surface area contributed by atoms with Crippen molar-refractivity contribution >= 4 is 17.2 Å². The number of fused-ring (bicyclic) bond motifs is 1. The molecule has 0 bridgehead atoms. The maximum Gasteiger partial charge on any atom is 0.170 e. The Bertz CT molecular complexity index is 856. The molecule has 3 aromatic rings. The maximum atomic E-state index is 12.4. The van der Waals surface area contributed by atoms with E-state index < -0.39 is 0 Å². The third kappa shape index (κ3) is 2.85. The number of hydrogen-bond acceptors (Lipinski definition) is 6. The maximum absolute atomic E-state index is 12.4. The van der Waals surface area contributed by atoms with Crippen LogP contribution in [0.2, 0.25) is 0 Å². The molecule has 1 saturated heterocycles. The summed E-state index contributed by atoms with van der Waals surface area (Å²) in [6, 6.07) is 7.33. The molecule has 1 aliphatic heterocycles. The Morgan fingerprint density at radius 3 is 2.88 bits per heavy atom. The lowest BCUT2D eigenvalue weighted by atomic mass is 10.1. The normalized spacial score (nSPS) is 14.9. The van der Waals surface area contributed by atoms with E-state index in [9.17, 15) is 4.79 Å². The number of pyridine rings is 1. The number of nitrogens with zero attached hydrogens (tertiary/aromatic N) is 5. The summed E-state index contributed by atoms with van der Waals surface area (Å²) in [6.45, 7) is 2.98. The average Bonchev–Trinajstić information content (AvgIpc) is 3.11. The third-order valence-corrected chi connectivity index (χ3v) is 4.05. The van der Waals surface area contributed by atoms with E-state index in [1.807, 2.05) is 16.6 Å². The largest absolute Gasteiger partial charge is 0.378 e. The van der Waals surface area contributed by atoms with E-state index in [0.717, 1.165) is 30.2 Å². The SMILES string of the molecule is O=C(Cc1cc(N2CCOCC2)n2nccc2n1)c1cccnc1. The van der Waals surface area contributed by atoms with E-state index in [1.165, 1.54) is 0 Å². The van der Waals surface area contributed by atoms with Gasteiger partial charge < -0.3 is 9.64 Å². The molecular formula is C17H17N5O2. The molecule has 0 amide bonds. The smallest absolute Gasteiger partial charge is 0.170 e. The van der Waals surface area contributed by atoms with E-state index in [2.05, 4.69) is 20.0 Å². The highest BCUT2D eigenvalue weighted by Gasteiger charge is 2.18. The predicted molar refractivity (Wildman–Crippen MR) is 88.3 cm³/mol. The summed E-state index contributed by atoms with van der Waals surface area (Å²) in [4.78, 5) is 23.2. The molecule has 1 fully saturated rings. The van der Waals surface area contributed by atoms with Crippen molar-refractivity contribution in [1.82, 2.24) is 19.6 Å². The Balaban J connectivity index is 1.67. The van der Waals surface area contributed by atoms with Gasteiger partial charge in [-0.2, -0.15) is 9.61 Å². The minimum Gasteiger partial charge on any atom is -0.378 e. The monoisotopic (exact) mass is 323 g/mol. The molecule has 24 heavy (non-hydrogen) atoms. The van der Waals surface area contributed by atoms with Crippen molar-refractivity contribution in [2.45, 2.75) is 6.42 Å². The third-order valence-electron chi connectivity index (χ3n) is 4.05. The van der Waals surface area contributed by atoms with E-state index in [0.29, 0.717) is 18.8 Å². The highest BCUT2D eigenvalue weighted by Crippen LogP contribution is 2.19. The van der Waals surface area contributed by atoms with Crippen LogP contribution in [0.15, 0.2) is 42.9 Å². The molecule has 0 atom stereocenters. The second-order valence-corrected chi connectivity index (χ2v) is 5.65. The molecule has 3 aromatic heterocycles. The van der Waals surface area contributed by atoms with Crippen LogP contribution in [0, 0.1) is 0 Å². The van der Waals surface area contributed by atoms with Crippen LogP contribution in [0.3, 0.4) is 0 Å². The number of hydrogen-bond donors (Lipinski definition) is 0. The molecule has 0 unspecified atom stereocenters. The second-order valence-electron chi connectivity index (χ2n) is 5.65. The van der Waals surface area contributed by atoms with Crippen LogP contribution in [0.25, 0.3) is 5.65 Å². The molecule has 7 heteroatoms. The van der Waals surface area contributed by atoms with Gasteiger partial charge in [0.25, 0.3) is 0 Å². The van der Waals surface area contributed by atoms with Gasteiger partial charge in [-0.15, -0.1) is 0 Å². The van der Waals surface area contributed by atoms with Crippen molar-refractivity contribution in [3.05, 3.63) is 54.1 Å². The molecule has 4 rings (SSSR count). The van der Waals surface area contributed by atoms with E-state index in [4.69, 9.17) is 4.74 Å². The van der Waals surface area contributed by atoms with Gasteiger partial charge in [0, 0.05) is 43.2 Å². The minimum atomic E-state index is 0.00685. The van der Waals surface area contributed by atoms with E-state index in [-0.39, 0.29) is 12.2 Å². The number of aromatic nitrogens is 4. The molecule has 0 N–H and O–H groups in total. The molecule has 4 heterocycles. The summed E-state index contributed by atoms with van der Waals surface area (Å²) in [5.41, 5.74) is 2.08. The Morgan fingerprint density at radius 2 is 2.08 bits per heavy atom. The van der Waals surface area contributed by atoms with Gasteiger partial charge in [0.05, 0.1) is 31.5 Å². The Morgan fingerprint density at radius 1 is 1.21 bits per heavy atom. The first kappa shape index (κ1) is 14.8. The quantitative estimate of drug-likeness (QED) is 0.676. The number of ketones is 1. The Hall–Kier alpha value is -2.80. The van der Waals surface area contributed by atoms with Crippen molar-refractivity contribution < 1.29 is 9.53 Å². The van der Waals surface area contributed by atoms with Crippen LogP contribution >= 0.6 is 0 Å². The number of rotatable bonds is 4. The summed E-state index contributed by atoms with van der Waals surface area (Å²) >= 11 is 0. The summed E-state index contributed by atoms with van der Waals surface area (Å²) in [5.74, 6) is 0.953. The molecule has 1 aliphatic rings. The average molecular weight is 323 g/mol. The fourth-order valence-corrected chi connectivity index (χ4v) is 2.85. The molecule has 7 nitrogen and oxygen atoms in total. The zero-order chi connectivity index (χ0) is 16.4. The van der Waals surface area contributed by atoms with Crippen LogP contribution < -0.4 is 4.90 Å². The summed E-state index contributed by atoms with van der Waals surface area (Å²) in [7, 11) is 0. The van der Waals surface area contributed by atoms with Crippen LogP contribution in [-0.2, 0) is 11.2 Å². The van der Waals surface area contributed by atoms with Gasteiger partial charge in [0.15, 0.2) is 11.4 Å². The minimum absolute atomic E-state index is 0.00685. The molecule has 0 aliphatic carbocycles. The topological polar surface area (TPSA) is 72.6 Å². The summed E-state index contributed by atoms with van der Waals surface area (Å²) in [5, 5.41) is 4.35. The Kier molecular flexibility index (Phi) is 3.92. The first-order valence-corrected chi connectivity index (χ1v) is 7.91. The molecule has 0 aromatic carbocycles. The van der Waals surface area contributed by atoms with Gasteiger partial charge >= 0.3 is 0 Å². The highest BCUT2D eigenvalue weighted by molar-refractivity contribution is 5.97. The van der Waals surface area contributed by atoms with Crippen molar-refractivity contribution in [3.63, 3.8) is 0 Å². The van der Waals surface area contributed by atoms with Gasteiger partial charge in [0.1, 0.15) is 5.82 Å². The number of anilines is 1. The zero-order valence-corrected chi connectivity index (χ0v) is 13.1. The number of morpholine rings is 1. The molecule has 122 valence electrons. The standard InChI is InChI=1S/C17H17N5O2/c23-15(13-2-1-4-18-12-13)10-14-11-17(21-6-8-24-9-7-21)22-16(20-14)3-5-19-22/h1-5,11-12H,6-10H2. The lowest BCUT2D eigenvalue weighted by molar-refractivity contribution is 0.0991. The number of carbonyl (C=O) groups is 1. The zero-order valence-electron chi connectivity index (χ0n) is 13.1. The van der Waals surface area contributed by atoms with E-state index >= 15 is 0 Å². The molecule has 0 spiro atoms. The first-order chi connectivity index (χ1) is 11.8. The molecule has 0 radical (unpaired) electrons. The highest BCUT2D eigenvalue weighted by atomic mass is 16.5. The van der Waals surface area contributed by atoms with Crippen LogP contribution in [0.4, 0.5) is 5.82 Å². The van der Waals surface area contributed by atoms with Crippen LogP contribution in [-0.4, -0.2) is 51.7 Å². The fraction of sp³-hybridized carbons (Fsp3) is 0.294. The first-order valence-electron chi connectivity index (χ1n) is 7.91. The summed E-state index contributed by atoms with van der Waals surface area (Å²) in [6.07, 6.45) is 5.20. The van der Waals surface area contributed by atoms with Gasteiger partial charge in [0.2, 0.25) is 0 Å². The molecular weight excluding hydrogens is 306 g/mol. The number of Topliss-reactive ketones (excluding diaryl/α,β-unsaturated/α-hetero) is 1. The van der Waals surface area contributed by atoms with Gasteiger partial charge in [-0.25, -0.2) is 4.98 Å². The van der Waals surface area contributed by atoms with Crippen molar-refractivity contribution in [2.75, 3.05) is 31.2 Å².